The fraction of sp³-hybridized carbons (Fsp3) is 0. The second-order valence-electron chi connectivity index (χ2n) is 12.0. The van der Waals surface area contributed by atoms with E-state index in [1.807, 2.05) is 30.3 Å². The maximum Gasteiger partial charge on any atom is 0.189 e. The standard InChI is InChI=1S/C44H26N4/c1-46-31-25-30(26-32(27-31)47-40-17-7-3-13-35(40)36-14-4-8-18-41(36)47)39-24-29(28-45)22-23-33(39)34-12-2-9-19-42(34)48-43-20-10-5-15-37(43)38-16-6-11-21-44(38)48/h2-27H. The molecular formula is C44H26N4. The number of rotatable bonds is 4. The van der Waals surface area contributed by atoms with Gasteiger partial charge in [0.1, 0.15) is 0 Å². The van der Waals surface area contributed by atoms with Gasteiger partial charge in [-0.05, 0) is 77.4 Å². The van der Waals surface area contributed by atoms with Crippen molar-refractivity contribution in [3.8, 4) is 39.7 Å². The Morgan fingerprint density at radius 1 is 0.479 bits per heavy atom. The number of nitriles is 1. The van der Waals surface area contributed by atoms with Crippen LogP contribution in [0.1, 0.15) is 5.56 Å². The Kier molecular flexibility index (Phi) is 6.22. The smallest absolute Gasteiger partial charge is 0.189 e. The van der Waals surface area contributed by atoms with Crippen LogP contribution in [0.5, 0.6) is 0 Å². The highest BCUT2D eigenvalue weighted by atomic mass is 15.0. The lowest BCUT2D eigenvalue weighted by Crippen LogP contribution is -1.99. The molecule has 0 saturated heterocycles. The molecule has 222 valence electrons. The van der Waals surface area contributed by atoms with Crippen LogP contribution in [0.4, 0.5) is 5.69 Å². The summed E-state index contributed by atoms with van der Waals surface area (Å²) in [5.41, 5.74) is 11.3. The van der Waals surface area contributed by atoms with Crippen LogP contribution in [0.3, 0.4) is 0 Å². The molecular weight excluding hydrogens is 585 g/mol. The average molecular weight is 611 g/mol. The minimum Gasteiger partial charge on any atom is -0.310 e. The molecule has 48 heavy (non-hydrogen) atoms. The van der Waals surface area contributed by atoms with Crippen LogP contribution in [0.2, 0.25) is 0 Å². The van der Waals surface area contributed by atoms with Gasteiger partial charge in [0.2, 0.25) is 0 Å². The summed E-state index contributed by atoms with van der Waals surface area (Å²) < 4.78 is 4.57. The normalized spacial score (nSPS) is 11.3. The molecule has 7 aromatic carbocycles. The van der Waals surface area contributed by atoms with E-state index in [9.17, 15) is 5.26 Å². The van der Waals surface area contributed by atoms with Gasteiger partial charge in [-0.1, -0.05) is 97.1 Å². The molecule has 4 heteroatoms. The minimum absolute atomic E-state index is 0.536. The van der Waals surface area contributed by atoms with Crippen molar-refractivity contribution < 1.29 is 0 Å². The van der Waals surface area contributed by atoms with Crippen molar-refractivity contribution in [1.82, 2.24) is 9.13 Å². The molecule has 0 spiro atoms. The summed E-state index contributed by atoms with van der Waals surface area (Å²) in [7, 11) is 0. The van der Waals surface area contributed by atoms with Crippen LogP contribution in [-0.4, -0.2) is 9.13 Å². The summed E-state index contributed by atoms with van der Waals surface area (Å²) in [6.45, 7) is 8.09. The van der Waals surface area contributed by atoms with E-state index in [0.29, 0.717) is 11.3 Å². The van der Waals surface area contributed by atoms with E-state index in [0.717, 1.165) is 66.5 Å². The number of nitrogens with zero attached hydrogens (tertiary/aromatic N) is 4. The van der Waals surface area contributed by atoms with Gasteiger partial charge in [0.25, 0.3) is 0 Å². The third-order valence-corrected chi connectivity index (χ3v) is 9.34. The van der Waals surface area contributed by atoms with Crippen LogP contribution in [-0.2, 0) is 0 Å². The molecule has 0 aliphatic rings. The van der Waals surface area contributed by atoms with Crippen LogP contribution in [0.25, 0.3) is 82.1 Å². The number of hydrogen-bond acceptors (Lipinski definition) is 1. The van der Waals surface area contributed by atoms with E-state index in [-0.39, 0.29) is 0 Å². The molecule has 0 unspecified atom stereocenters. The van der Waals surface area contributed by atoms with Crippen LogP contribution in [0.15, 0.2) is 158 Å². The number of hydrogen-bond donors (Lipinski definition) is 0. The summed E-state index contributed by atoms with van der Waals surface area (Å²) in [6, 6.07) is 56.5. The Bertz CT molecular complexity index is 2710. The van der Waals surface area contributed by atoms with Gasteiger partial charge in [-0.25, -0.2) is 4.85 Å². The van der Waals surface area contributed by atoms with Crippen molar-refractivity contribution >= 4 is 49.3 Å². The monoisotopic (exact) mass is 610 g/mol. The fourth-order valence-electron chi connectivity index (χ4n) is 7.31. The van der Waals surface area contributed by atoms with Crippen LogP contribution < -0.4 is 0 Å². The topological polar surface area (TPSA) is 38.0 Å². The molecule has 0 aliphatic carbocycles. The molecule has 0 aliphatic heterocycles. The molecule has 9 aromatic rings. The van der Waals surface area contributed by atoms with E-state index in [1.54, 1.807) is 0 Å². The summed E-state index contributed by atoms with van der Waals surface area (Å²) in [4.78, 5) is 3.93. The number of benzene rings is 7. The quantitative estimate of drug-likeness (QED) is 0.183. The average Bonchev–Trinajstić information content (AvgIpc) is 3.67. The lowest BCUT2D eigenvalue weighted by molar-refractivity contribution is 1.18. The summed E-state index contributed by atoms with van der Waals surface area (Å²) in [5.74, 6) is 0. The minimum atomic E-state index is 0.536. The number of fused-ring (bicyclic) bond motifs is 6. The van der Waals surface area contributed by atoms with Gasteiger partial charge >= 0.3 is 0 Å². The molecule has 0 atom stereocenters. The molecule has 0 saturated carbocycles. The zero-order chi connectivity index (χ0) is 32.2. The summed E-state index contributed by atoms with van der Waals surface area (Å²) >= 11 is 0. The molecule has 0 fully saturated rings. The van der Waals surface area contributed by atoms with Crippen molar-refractivity contribution in [2.45, 2.75) is 0 Å². The zero-order valence-electron chi connectivity index (χ0n) is 25.8. The first kappa shape index (κ1) is 27.4. The van der Waals surface area contributed by atoms with Crippen LogP contribution >= 0.6 is 0 Å². The Labute approximate surface area is 277 Å². The first-order valence-corrected chi connectivity index (χ1v) is 15.9. The second-order valence-corrected chi connectivity index (χ2v) is 12.0. The van der Waals surface area contributed by atoms with E-state index in [2.05, 4.69) is 147 Å². The van der Waals surface area contributed by atoms with Gasteiger partial charge in [0.15, 0.2) is 5.69 Å². The third-order valence-electron chi connectivity index (χ3n) is 9.34. The molecule has 0 bridgehead atoms. The highest BCUT2D eigenvalue weighted by molar-refractivity contribution is 6.11. The number of para-hydroxylation sites is 5. The SMILES string of the molecule is [C-]#[N+]c1cc(-c2cc(C#N)ccc2-c2ccccc2-n2c3ccccc3c3ccccc32)cc(-n2c3ccccc3c3ccccc32)c1. The Morgan fingerprint density at radius 3 is 1.56 bits per heavy atom. The van der Waals surface area contributed by atoms with Crippen molar-refractivity contribution in [2.24, 2.45) is 0 Å². The predicted octanol–water partition coefficient (Wildman–Crippen LogP) is 11.6. The van der Waals surface area contributed by atoms with Crippen molar-refractivity contribution in [1.29, 1.82) is 5.26 Å². The van der Waals surface area contributed by atoms with E-state index in [1.165, 1.54) is 10.8 Å². The zero-order valence-corrected chi connectivity index (χ0v) is 25.8. The molecule has 2 heterocycles. The van der Waals surface area contributed by atoms with Gasteiger partial charge in [-0.3, -0.25) is 0 Å². The third kappa shape index (κ3) is 4.14. The first-order chi connectivity index (χ1) is 23.7. The fourth-order valence-corrected chi connectivity index (χ4v) is 7.31. The van der Waals surface area contributed by atoms with Gasteiger partial charge < -0.3 is 9.13 Å². The highest BCUT2D eigenvalue weighted by Crippen LogP contribution is 2.42. The van der Waals surface area contributed by atoms with Gasteiger partial charge in [0, 0.05) is 32.8 Å². The lowest BCUT2D eigenvalue weighted by atomic mass is 9.91. The van der Waals surface area contributed by atoms with E-state index >= 15 is 0 Å². The van der Waals surface area contributed by atoms with Crippen molar-refractivity contribution in [2.75, 3.05) is 0 Å². The maximum absolute atomic E-state index is 10.0. The Morgan fingerprint density at radius 2 is 1.00 bits per heavy atom. The molecule has 9 rings (SSSR count). The molecule has 0 radical (unpaired) electrons. The Hall–Kier alpha value is -6.88. The van der Waals surface area contributed by atoms with E-state index in [4.69, 9.17) is 6.57 Å². The first-order valence-electron chi connectivity index (χ1n) is 15.9. The highest BCUT2D eigenvalue weighted by Gasteiger charge is 2.19. The van der Waals surface area contributed by atoms with Gasteiger partial charge in [0.05, 0.1) is 46.0 Å². The lowest BCUT2D eigenvalue weighted by Gasteiger charge is -2.18. The molecule has 4 nitrogen and oxygen atoms in total. The van der Waals surface area contributed by atoms with Gasteiger partial charge in [-0.15, -0.1) is 0 Å². The molecule has 0 amide bonds. The van der Waals surface area contributed by atoms with Crippen molar-refractivity contribution in [3.05, 3.63) is 175 Å². The molecule has 2 aromatic heterocycles. The van der Waals surface area contributed by atoms with E-state index < -0.39 is 0 Å². The summed E-state index contributed by atoms with van der Waals surface area (Å²) in [5, 5.41) is 14.8. The predicted molar refractivity (Wildman–Crippen MR) is 197 cm³/mol. The largest absolute Gasteiger partial charge is 0.310 e. The van der Waals surface area contributed by atoms with Gasteiger partial charge in [-0.2, -0.15) is 5.26 Å². The molecule has 0 N–H and O–H groups in total. The van der Waals surface area contributed by atoms with Crippen molar-refractivity contribution in [3.63, 3.8) is 0 Å². The second kappa shape index (κ2) is 10.9. The summed E-state index contributed by atoms with van der Waals surface area (Å²) in [6.07, 6.45) is 0. The van der Waals surface area contributed by atoms with Crippen LogP contribution in [0, 0.1) is 17.9 Å². The Balaban J connectivity index is 1.32. The maximum atomic E-state index is 10.0. The number of aromatic nitrogens is 2.